The minimum absolute atomic E-state index is 0. The SMILES string of the molecule is COc1ccc(-c2cc3nccnc3c(OC[C@@H]3CN(C(C)=O)CCO3)n2)cc1OC.S. The van der Waals surface area contributed by atoms with Crippen LogP contribution < -0.4 is 14.2 Å². The van der Waals surface area contributed by atoms with E-state index >= 15 is 0 Å². The summed E-state index contributed by atoms with van der Waals surface area (Å²) in [5, 5.41) is 0. The third-order valence-corrected chi connectivity index (χ3v) is 5.09. The van der Waals surface area contributed by atoms with E-state index in [1.165, 1.54) is 0 Å². The van der Waals surface area contributed by atoms with Crippen molar-refractivity contribution >= 4 is 30.4 Å². The summed E-state index contributed by atoms with van der Waals surface area (Å²) < 4.78 is 22.5. The van der Waals surface area contributed by atoms with Gasteiger partial charge in [-0.05, 0) is 24.3 Å². The number of aromatic nitrogens is 3. The van der Waals surface area contributed by atoms with Crippen molar-refractivity contribution in [3.05, 3.63) is 36.7 Å². The lowest BCUT2D eigenvalue weighted by molar-refractivity contribution is -0.137. The number of carbonyl (C=O) groups is 1. The average molecular weight is 459 g/mol. The summed E-state index contributed by atoms with van der Waals surface area (Å²) in [6.07, 6.45) is 2.98. The van der Waals surface area contributed by atoms with Gasteiger partial charge in [-0.3, -0.25) is 9.78 Å². The normalized spacial score (nSPS) is 15.7. The molecule has 4 rings (SSSR count). The van der Waals surface area contributed by atoms with Crippen LogP contribution in [0.1, 0.15) is 6.92 Å². The summed E-state index contributed by atoms with van der Waals surface area (Å²) >= 11 is 0. The van der Waals surface area contributed by atoms with Crippen LogP contribution in [0.2, 0.25) is 0 Å². The van der Waals surface area contributed by atoms with Gasteiger partial charge in [0, 0.05) is 31.4 Å². The molecule has 0 aliphatic carbocycles. The lowest BCUT2D eigenvalue weighted by Gasteiger charge is -2.32. The Morgan fingerprint density at radius 2 is 1.94 bits per heavy atom. The van der Waals surface area contributed by atoms with Gasteiger partial charge in [-0.1, -0.05) is 0 Å². The Hall–Kier alpha value is -3.11. The molecule has 1 fully saturated rings. The Kier molecular flexibility index (Phi) is 7.70. The monoisotopic (exact) mass is 458 g/mol. The van der Waals surface area contributed by atoms with Crippen LogP contribution >= 0.6 is 13.5 Å². The number of pyridine rings is 1. The number of hydrogen-bond donors (Lipinski definition) is 0. The van der Waals surface area contributed by atoms with Crippen LogP contribution in [0, 0.1) is 0 Å². The molecule has 3 aromatic rings. The quantitative estimate of drug-likeness (QED) is 0.556. The molecule has 32 heavy (non-hydrogen) atoms. The van der Waals surface area contributed by atoms with Gasteiger partial charge in [0.05, 0.1) is 38.6 Å². The van der Waals surface area contributed by atoms with Crippen LogP contribution in [0.4, 0.5) is 0 Å². The van der Waals surface area contributed by atoms with Crippen LogP contribution in [0.5, 0.6) is 17.4 Å². The van der Waals surface area contributed by atoms with Crippen LogP contribution in [0.15, 0.2) is 36.7 Å². The molecule has 10 heteroatoms. The predicted octanol–water partition coefficient (Wildman–Crippen LogP) is 2.45. The summed E-state index contributed by atoms with van der Waals surface area (Å²) in [6, 6.07) is 7.42. The molecule has 0 radical (unpaired) electrons. The molecular formula is C22H26N4O5S. The van der Waals surface area contributed by atoms with Crippen LogP contribution in [-0.4, -0.2) is 72.4 Å². The van der Waals surface area contributed by atoms with Gasteiger partial charge in [-0.2, -0.15) is 13.5 Å². The number of methoxy groups -OCH3 is 2. The van der Waals surface area contributed by atoms with E-state index in [0.717, 1.165) is 5.56 Å². The second kappa shape index (κ2) is 10.5. The number of morpholine rings is 1. The van der Waals surface area contributed by atoms with Crippen LogP contribution in [-0.2, 0) is 9.53 Å². The lowest BCUT2D eigenvalue weighted by Crippen LogP contribution is -2.46. The molecule has 9 nitrogen and oxygen atoms in total. The molecule has 3 heterocycles. The second-order valence-electron chi connectivity index (χ2n) is 7.08. The summed E-state index contributed by atoms with van der Waals surface area (Å²) in [5.41, 5.74) is 2.71. The van der Waals surface area contributed by atoms with Crippen LogP contribution in [0.3, 0.4) is 0 Å². The molecule has 0 N–H and O–H groups in total. The molecule has 0 spiro atoms. The van der Waals surface area contributed by atoms with E-state index in [2.05, 4.69) is 15.0 Å². The molecule has 1 saturated heterocycles. The highest BCUT2D eigenvalue weighted by Gasteiger charge is 2.23. The first-order valence-corrected chi connectivity index (χ1v) is 9.93. The van der Waals surface area contributed by atoms with Gasteiger partial charge in [0.25, 0.3) is 0 Å². The smallest absolute Gasteiger partial charge is 0.242 e. The fraction of sp³-hybridized carbons (Fsp3) is 0.364. The van der Waals surface area contributed by atoms with E-state index in [-0.39, 0.29) is 32.1 Å². The summed E-state index contributed by atoms with van der Waals surface area (Å²) in [5.74, 6) is 1.62. The molecular weight excluding hydrogens is 432 g/mol. The molecule has 0 bridgehead atoms. The van der Waals surface area contributed by atoms with E-state index in [1.54, 1.807) is 38.4 Å². The molecule has 1 aromatic carbocycles. The van der Waals surface area contributed by atoms with E-state index in [0.29, 0.717) is 53.8 Å². The summed E-state index contributed by atoms with van der Waals surface area (Å²) in [4.78, 5) is 26.9. The van der Waals surface area contributed by atoms with Crippen molar-refractivity contribution in [3.63, 3.8) is 0 Å². The number of amides is 1. The van der Waals surface area contributed by atoms with Gasteiger partial charge in [-0.25, -0.2) is 9.97 Å². The van der Waals surface area contributed by atoms with Crippen molar-refractivity contribution in [3.8, 4) is 28.6 Å². The third kappa shape index (κ3) is 5.03. The van der Waals surface area contributed by atoms with Crippen molar-refractivity contribution in [1.29, 1.82) is 0 Å². The number of nitrogens with zero attached hydrogens (tertiary/aromatic N) is 4. The first kappa shape index (κ1) is 23.6. The van der Waals surface area contributed by atoms with Gasteiger partial charge >= 0.3 is 0 Å². The first-order chi connectivity index (χ1) is 15.1. The Labute approximate surface area is 193 Å². The average Bonchev–Trinajstić information content (AvgIpc) is 2.82. The molecule has 1 amide bonds. The molecule has 2 aromatic heterocycles. The number of carbonyl (C=O) groups excluding carboxylic acids is 1. The third-order valence-electron chi connectivity index (χ3n) is 5.09. The van der Waals surface area contributed by atoms with Gasteiger partial charge < -0.3 is 23.8 Å². The maximum Gasteiger partial charge on any atom is 0.242 e. The van der Waals surface area contributed by atoms with E-state index in [9.17, 15) is 4.79 Å². The van der Waals surface area contributed by atoms with Crippen LogP contribution in [0.25, 0.3) is 22.3 Å². The Morgan fingerprint density at radius 1 is 1.16 bits per heavy atom. The highest BCUT2D eigenvalue weighted by molar-refractivity contribution is 7.59. The van der Waals surface area contributed by atoms with Gasteiger partial charge in [0.15, 0.2) is 17.0 Å². The number of ether oxygens (including phenoxy) is 4. The molecule has 1 aliphatic heterocycles. The highest BCUT2D eigenvalue weighted by Crippen LogP contribution is 2.33. The second-order valence-corrected chi connectivity index (χ2v) is 7.08. The van der Waals surface area contributed by atoms with E-state index in [1.807, 2.05) is 24.3 Å². The first-order valence-electron chi connectivity index (χ1n) is 9.93. The minimum Gasteiger partial charge on any atom is -0.493 e. The highest BCUT2D eigenvalue weighted by atomic mass is 32.1. The van der Waals surface area contributed by atoms with E-state index < -0.39 is 0 Å². The number of hydrogen-bond acceptors (Lipinski definition) is 8. The lowest BCUT2D eigenvalue weighted by atomic mass is 10.1. The zero-order valence-electron chi connectivity index (χ0n) is 18.2. The standard InChI is InChI=1S/C22H24N4O5.H2S/c1-14(27)26-8-9-30-16(12-26)13-31-22-21-18(23-6-7-24-21)11-17(25-22)15-4-5-19(28-2)20(10-15)29-3;/h4-7,10-11,16H,8-9,12-13H2,1-3H3;1H2/t16-;/m0./s1. The van der Waals surface area contributed by atoms with Gasteiger partial charge in [0.1, 0.15) is 12.7 Å². The maximum absolute atomic E-state index is 11.7. The summed E-state index contributed by atoms with van der Waals surface area (Å²) in [6.45, 7) is 3.35. The minimum atomic E-state index is -0.240. The predicted molar refractivity (Wildman–Crippen MR) is 124 cm³/mol. The Balaban J connectivity index is 0.00000289. The van der Waals surface area contributed by atoms with Gasteiger partial charge in [-0.15, -0.1) is 0 Å². The van der Waals surface area contributed by atoms with Crippen molar-refractivity contribution in [2.75, 3.05) is 40.5 Å². The van der Waals surface area contributed by atoms with Crippen molar-refractivity contribution in [1.82, 2.24) is 19.9 Å². The number of rotatable bonds is 6. The fourth-order valence-corrected chi connectivity index (χ4v) is 3.47. The fourth-order valence-electron chi connectivity index (χ4n) is 3.47. The molecule has 0 unspecified atom stereocenters. The Bertz CT molecular complexity index is 1100. The van der Waals surface area contributed by atoms with Crippen molar-refractivity contribution in [2.24, 2.45) is 0 Å². The zero-order chi connectivity index (χ0) is 21.8. The number of fused-ring (bicyclic) bond motifs is 1. The molecule has 1 atom stereocenters. The van der Waals surface area contributed by atoms with Gasteiger partial charge in [0.2, 0.25) is 11.8 Å². The number of benzene rings is 1. The van der Waals surface area contributed by atoms with E-state index in [4.69, 9.17) is 18.9 Å². The Morgan fingerprint density at radius 3 is 2.69 bits per heavy atom. The van der Waals surface area contributed by atoms with Crippen molar-refractivity contribution < 1.29 is 23.7 Å². The topological polar surface area (TPSA) is 95.9 Å². The van der Waals surface area contributed by atoms with Crippen molar-refractivity contribution in [2.45, 2.75) is 13.0 Å². The maximum atomic E-state index is 11.7. The molecule has 1 aliphatic rings. The summed E-state index contributed by atoms with van der Waals surface area (Å²) in [7, 11) is 3.18. The largest absolute Gasteiger partial charge is 0.493 e. The molecule has 0 saturated carbocycles. The molecule has 170 valence electrons. The zero-order valence-corrected chi connectivity index (χ0v) is 19.2.